The molecule has 0 saturated carbocycles. The molecule has 0 spiro atoms. The monoisotopic (exact) mass is 261 g/mol. The minimum absolute atomic E-state index is 0.237. The second kappa shape index (κ2) is 6.85. The van der Waals surface area contributed by atoms with Gasteiger partial charge in [-0.15, -0.1) is 0 Å². The van der Waals surface area contributed by atoms with Crippen molar-refractivity contribution in [1.82, 2.24) is 4.90 Å². The fraction of sp³-hybridized carbons (Fsp3) is 0.588. The molecule has 2 heteroatoms. The number of hydrogen-bond acceptors (Lipinski definition) is 2. The molecule has 0 aliphatic carbocycles. The summed E-state index contributed by atoms with van der Waals surface area (Å²) >= 11 is 0. The number of hydrogen-bond donors (Lipinski definition) is 0. The Morgan fingerprint density at radius 1 is 1.21 bits per heavy atom. The Labute approximate surface area is 117 Å². The molecule has 1 unspecified atom stereocenters. The standard InChI is InChI=1S/C17H27NO/c1-7-12(2)10-18(6)11-16(19)17-14(4)8-13(3)9-15(17)5/h8-9,12H,7,10-11H2,1-6H3. The number of ketones is 1. The van der Waals surface area contributed by atoms with Crippen LogP contribution in [0.1, 0.15) is 47.3 Å². The number of nitrogens with zero attached hydrogens (tertiary/aromatic N) is 1. The SMILES string of the molecule is CCC(C)CN(C)CC(=O)c1c(C)cc(C)cc1C. The van der Waals surface area contributed by atoms with Crippen LogP contribution in [0.2, 0.25) is 0 Å². The van der Waals surface area contributed by atoms with Gasteiger partial charge >= 0.3 is 0 Å². The molecular weight excluding hydrogens is 234 g/mol. The van der Waals surface area contributed by atoms with Crippen LogP contribution in [-0.4, -0.2) is 30.8 Å². The van der Waals surface area contributed by atoms with Crippen LogP contribution >= 0.6 is 0 Å². The quantitative estimate of drug-likeness (QED) is 0.726. The maximum absolute atomic E-state index is 12.4. The highest BCUT2D eigenvalue weighted by Crippen LogP contribution is 2.17. The summed E-state index contributed by atoms with van der Waals surface area (Å²) in [6, 6.07) is 4.18. The van der Waals surface area contributed by atoms with Crippen molar-refractivity contribution in [3.63, 3.8) is 0 Å². The van der Waals surface area contributed by atoms with Crippen molar-refractivity contribution in [3.8, 4) is 0 Å². The molecule has 0 heterocycles. The van der Waals surface area contributed by atoms with E-state index in [-0.39, 0.29) is 5.78 Å². The fourth-order valence-corrected chi connectivity index (χ4v) is 2.67. The number of carbonyl (C=O) groups excluding carboxylic acids is 1. The highest BCUT2D eigenvalue weighted by Gasteiger charge is 2.15. The van der Waals surface area contributed by atoms with Crippen LogP contribution < -0.4 is 0 Å². The highest BCUT2D eigenvalue weighted by atomic mass is 16.1. The first-order valence-electron chi connectivity index (χ1n) is 7.14. The lowest BCUT2D eigenvalue weighted by Crippen LogP contribution is -2.30. The lowest BCUT2D eigenvalue weighted by atomic mass is 9.96. The van der Waals surface area contributed by atoms with E-state index in [9.17, 15) is 4.79 Å². The molecule has 0 aromatic heterocycles. The number of aryl methyl sites for hydroxylation is 3. The third kappa shape index (κ3) is 4.46. The molecule has 0 aliphatic rings. The molecule has 1 aromatic rings. The molecule has 0 N–H and O–H groups in total. The van der Waals surface area contributed by atoms with Gasteiger partial charge in [-0.25, -0.2) is 0 Å². The average Bonchev–Trinajstić information content (AvgIpc) is 2.26. The Hall–Kier alpha value is -1.15. The molecule has 2 nitrogen and oxygen atoms in total. The van der Waals surface area contributed by atoms with Gasteiger partial charge in [-0.2, -0.15) is 0 Å². The molecule has 0 aliphatic heterocycles. The van der Waals surface area contributed by atoms with Crippen LogP contribution in [0.5, 0.6) is 0 Å². The number of likely N-dealkylation sites (N-methyl/N-ethyl adjacent to an activating group) is 1. The minimum Gasteiger partial charge on any atom is -0.299 e. The first-order valence-corrected chi connectivity index (χ1v) is 7.14. The largest absolute Gasteiger partial charge is 0.299 e. The topological polar surface area (TPSA) is 20.3 Å². The van der Waals surface area contributed by atoms with E-state index in [0.717, 1.165) is 29.7 Å². The van der Waals surface area contributed by atoms with E-state index in [1.54, 1.807) is 0 Å². The van der Waals surface area contributed by atoms with Gasteiger partial charge in [0.25, 0.3) is 0 Å². The average molecular weight is 261 g/mol. The van der Waals surface area contributed by atoms with E-state index in [1.165, 1.54) is 5.56 Å². The van der Waals surface area contributed by atoms with Gasteiger partial charge in [0.15, 0.2) is 5.78 Å². The van der Waals surface area contributed by atoms with Gasteiger partial charge < -0.3 is 0 Å². The van der Waals surface area contributed by atoms with Gasteiger partial charge in [0.05, 0.1) is 6.54 Å². The summed E-state index contributed by atoms with van der Waals surface area (Å²) in [5.74, 6) is 0.874. The van der Waals surface area contributed by atoms with Gasteiger partial charge in [0.2, 0.25) is 0 Å². The van der Waals surface area contributed by atoms with Crippen LogP contribution in [0.25, 0.3) is 0 Å². The summed E-state index contributed by atoms with van der Waals surface area (Å²) in [7, 11) is 2.03. The predicted octanol–water partition coefficient (Wildman–Crippen LogP) is 3.77. The van der Waals surface area contributed by atoms with Crippen molar-refractivity contribution in [3.05, 3.63) is 34.4 Å². The Balaban J connectivity index is 2.79. The number of rotatable bonds is 6. The van der Waals surface area contributed by atoms with Gasteiger partial charge in [-0.1, -0.05) is 38.0 Å². The zero-order valence-electron chi connectivity index (χ0n) is 13.2. The lowest BCUT2D eigenvalue weighted by Gasteiger charge is -2.20. The summed E-state index contributed by atoms with van der Waals surface area (Å²) in [5, 5.41) is 0. The highest BCUT2D eigenvalue weighted by molar-refractivity contribution is 6.00. The molecule has 19 heavy (non-hydrogen) atoms. The van der Waals surface area contributed by atoms with Crippen molar-refractivity contribution in [2.24, 2.45) is 5.92 Å². The van der Waals surface area contributed by atoms with Crippen molar-refractivity contribution in [2.45, 2.75) is 41.0 Å². The molecular formula is C17H27NO. The van der Waals surface area contributed by atoms with Crippen molar-refractivity contribution in [2.75, 3.05) is 20.1 Å². The predicted molar refractivity (Wildman–Crippen MR) is 81.9 cm³/mol. The Morgan fingerprint density at radius 3 is 2.21 bits per heavy atom. The van der Waals surface area contributed by atoms with Crippen LogP contribution in [-0.2, 0) is 0 Å². The summed E-state index contributed by atoms with van der Waals surface area (Å²) in [5.41, 5.74) is 4.32. The summed E-state index contributed by atoms with van der Waals surface area (Å²) < 4.78 is 0. The molecule has 1 atom stereocenters. The van der Waals surface area contributed by atoms with E-state index in [0.29, 0.717) is 12.5 Å². The molecule has 0 saturated heterocycles. The second-order valence-electron chi connectivity index (χ2n) is 5.91. The third-order valence-corrected chi connectivity index (χ3v) is 3.69. The fourth-order valence-electron chi connectivity index (χ4n) is 2.67. The van der Waals surface area contributed by atoms with E-state index < -0.39 is 0 Å². The first-order chi connectivity index (χ1) is 8.85. The number of carbonyl (C=O) groups is 1. The zero-order valence-corrected chi connectivity index (χ0v) is 13.2. The maximum Gasteiger partial charge on any atom is 0.177 e. The molecule has 0 radical (unpaired) electrons. The molecule has 0 amide bonds. The van der Waals surface area contributed by atoms with Crippen LogP contribution in [0.4, 0.5) is 0 Å². The maximum atomic E-state index is 12.4. The van der Waals surface area contributed by atoms with E-state index >= 15 is 0 Å². The molecule has 106 valence electrons. The number of benzene rings is 1. The van der Waals surface area contributed by atoms with Crippen molar-refractivity contribution < 1.29 is 4.79 Å². The summed E-state index contributed by atoms with van der Waals surface area (Å²) in [4.78, 5) is 14.6. The van der Waals surface area contributed by atoms with E-state index in [2.05, 4.69) is 37.8 Å². The van der Waals surface area contributed by atoms with Crippen molar-refractivity contribution >= 4 is 5.78 Å². The minimum atomic E-state index is 0.237. The third-order valence-electron chi connectivity index (χ3n) is 3.69. The summed E-state index contributed by atoms with van der Waals surface area (Å²) in [6.45, 7) is 12.0. The lowest BCUT2D eigenvalue weighted by molar-refractivity contribution is 0.0937. The number of Topliss-reactive ketones (excluding diaryl/α,β-unsaturated/α-hetero) is 1. The Morgan fingerprint density at radius 2 is 1.74 bits per heavy atom. The van der Waals surface area contributed by atoms with Crippen LogP contribution in [0.15, 0.2) is 12.1 Å². The van der Waals surface area contributed by atoms with E-state index in [1.807, 2.05) is 20.9 Å². The Bertz CT molecular complexity index is 428. The van der Waals surface area contributed by atoms with Gasteiger partial charge in [0.1, 0.15) is 0 Å². The first kappa shape index (κ1) is 15.9. The summed E-state index contributed by atoms with van der Waals surface area (Å²) in [6.07, 6.45) is 1.15. The second-order valence-corrected chi connectivity index (χ2v) is 5.91. The van der Waals surface area contributed by atoms with Gasteiger partial charge in [-0.3, -0.25) is 9.69 Å². The van der Waals surface area contributed by atoms with Crippen molar-refractivity contribution in [1.29, 1.82) is 0 Å². The normalized spacial score (nSPS) is 12.8. The smallest absolute Gasteiger partial charge is 0.177 e. The van der Waals surface area contributed by atoms with Crippen LogP contribution in [0.3, 0.4) is 0 Å². The van der Waals surface area contributed by atoms with Crippen LogP contribution in [0, 0.1) is 26.7 Å². The molecule has 0 fully saturated rings. The van der Waals surface area contributed by atoms with Gasteiger partial charge in [0, 0.05) is 12.1 Å². The van der Waals surface area contributed by atoms with Gasteiger partial charge in [-0.05, 0) is 44.9 Å². The zero-order chi connectivity index (χ0) is 14.6. The molecule has 1 rings (SSSR count). The molecule has 1 aromatic carbocycles. The Kier molecular flexibility index (Phi) is 5.74. The van der Waals surface area contributed by atoms with E-state index in [4.69, 9.17) is 0 Å². The molecule has 0 bridgehead atoms.